The molecule has 1 atom stereocenters. The Morgan fingerprint density at radius 2 is 2.00 bits per heavy atom. The van der Waals surface area contributed by atoms with E-state index in [0.29, 0.717) is 53.3 Å². The van der Waals surface area contributed by atoms with Crippen molar-refractivity contribution in [2.75, 3.05) is 6.61 Å². The van der Waals surface area contributed by atoms with Crippen LogP contribution in [0.2, 0.25) is 5.02 Å². The predicted molar refractivity (Wildman–Crippen MR) is 119 cm³/mol. The molecule has 0 spiro atoms. The molecule has 3 saturated carbocycles. The van der Waals surface area contributed by atoms with Gasteiger partial charge in [0.2, 0.25) is 0 Å². The number of benzene rings is 2. The number of rotatable bonds is 7. The maximum atomic E-state index is 13.6. The van der Waals surface area contributed by atoms with E-state index in [4.69, 9.17) is 21.1 Å². The number of aliphatic hydroxyl groups excluding tert-OH is 1. The fourth-order valence-electron chi connectivity index (χ4n) is 5.27. The number of amides is 1. The Hall–Kier alpha value is -2.90. The Kier molecular flexibility index (Phi) is 5.21. The normalized spacial score (nSPS) is 26.7. The molecule has 0 radical (unpaired) electrons. The number of ketones is 1. The predicted octanol–water partition coefficient (Wildman–Crippen LogP) is 4.17. The van der Waals surface area contributed by atoms with Gasteiger partial charge in [0, 0.05) is 28.6 Å². The van der Waals surface area contributed by atoms with E-state index < -0.39 is 6.10 Å². The molecule has 6 rings (SSSR count). The first-order valence-electron chi connectivity index (χ1n) is 10.8. The van der Waals surface area contributed by atoms with Crippen molar-refractivity contribution < 1.29 is 28.6 Å². The molecule has 1 amide bonds. The average molecular weight is 472 g/mol. The van der Waals surface area contributed by atoms with Gasteiger partial charge in [-0.3, -0.25) is 9.59 Å². The van der Waals surface area contributed by atoms with Crippen LogP contribution in [0.5, 0.6) is 11.5 Å². The lowest BCUT2D eigenvalue weighted by Gasteiger charge is -2.70. The van der Waals surface area contributed by atoms with E-state index in [1.807, 2.05) is 0 Å². The van der Waals surface area contributed by atoms with Crippen LogP contribution in [0, 0.1) is 18.2 Å². The van der Waals surface area contributed by atoms with Crippen molar-refractivity contribution in [1.82, 2.24) is 5.32 Å². The highest BCUT2D eigenvalue weighted by atomic mass is 35.5. The van der Waals surface area contributed by atoms with Crippen LogP contribution in [0.3, 0.4) is 0 Å². The highest BCUT2D eigenvalue weighted by Crippen LogP contribution is 2.69. The number of hydrogen-bond donors (Lipinski definition) is 2. The number of allylic oxidation sites excluding steroid dienone is 1. The highest BCUT2D eigenvalue weighted by Gasteiger charge is 2.68. The van der Waals surface area contributed by atoms with Crippen LogP contribution < -0.4 is 14.8 Å². The van der Waals surface area contributed by atoms with Crippen LogP contribution >= 0.6 is 11.6 Å². The minimum absolute atomic E-state index is 0.138. The summed E-state index contributed by atoms with van der Waals surface area (Å²) in [5, 5.41) is 13.8. The molecule has 1 unspecified atom stereocenters. The Bertz CT molecular complexity index is 1170. The summed E-state index contributed by atoms with van der Waals surface area (Å²) in [5.74, 6) is 0.0493. The maximum Gasteiger partial charge on any atom is 0.258 e. The Labute approximate surface area is 195 Å². The Morgan fingerprint density at radius 3 is 2.73 bits per heavy atom. The minimum Gasteiger partial charge on any atom is -0.484 e. The number of nitrogens with one attached hydrogen (secondary N) is 1. The zero-order chi connectivity index (χ0) is 23.4. The molecule has 3 aliphatic carbocycles. The molecule has 33 heavy (non-hydrogen) atoms. The van der Waals surface area contributed by atoms with Gasteiger partial charge in [0.05, 0.1) is 0 Å². The second-order valence-electron chi connectivity index (χ2n) is 9.42. The number of carbonyl (C=O) groups excluding carboxylic acids is 2. The summed E-state index contributed by atoms with van der Waals surface area (Å²) in [7, 11) is 0. The van der Waals surface area contributed by atoms with Crippen molar-refractivity contribution in [3.8, 4) is 11.5 Å². The lowest BCUT2D eigenvalue weighted by molar-refractivity contribution is -0.172. The lowest BCUT2D eigenvalue weighted by atomic mass is 9.38. The SMILES string of the molecule is Cc1ccc(OCC(=O)NC23CC(CC(=O)C4=CC(O)c5cc(Cl)ccc5O4)(C2)C3)cc1F. The number of Topliss-reactive ketones (excluding diaryl/α,β-unsaturated/α-hetero) is 1. The number of aliphatic hydroxyl groups is 1. The van der Waals surface area contributed by atoms with E-state index in [1.165, 1.54) is 12.1 Å². The molecule has 6 nitrogen and oxygen atoms in total. The first-order valence-corrected chi connectivity index (χ1v) is 11.1. The number of aryl methyl sites for hydroxylation is 1. The summed E-state index contributed by atoms with van der Waals surface area (Å²) >= 11 is 5.96. The van der Waals surface area contributed by atoms with Crippen molar-refractivity contribution in [1.29, 1.82) is 0 Å². The van der Waals surface area contributed by atoms with Crippen LogP contribution in [0.25, 0.3) is 0 Å². The second-order valence-corrected chi connectivity index (χ2v) is 9.85. The van der Waals surface area contributed by atoms with E-state index in [2.05, 4.69) is 5.32 Å². The van der Waals surface area contributed by atoms with E-state index in [0.717, 1.165) is 0 Å². The van der Waals surface area contributed by atoms with Gasteiger partial charge in [-0.25, -0.2) is 4.39 Å². The molecular weight excluding hydrogens is 449 g/mol. The molecule has 3 fully saturated rings. The molecule has 172 valence electrons. The number of halogens is 2. The molecule has 8 heteroatoms. The number of ether oxygens (including phenoxy) is 2. The third kappa shape index (κ3) is 4.11. The lowest BCUT2D eigenvalue weighted by Crippen LogP contribution is -2.75. The molecule has 0 aromatic heterocycles. The zero-order valence-electron chi connectivity index (χ0n) is 18.0. The third-order valence-electron chi connectivity index (χ3n) is 6.69. The molecule has 2 N–H and O–H groups in total. The van der Waals surface area contributed by atoms with Gasteiger partial charge in [0.25, 0.3) is 5.91 Å². The van der Waals surface area contributed by atoms with Crippen molar-refractivity contribution in [3.63, 3.8) is 0 Å². The van der Waals surface area contributed by atoms with Crippen molar-refractivity contribution in [3.05, 3.63) is 70.2 Å². The Balaban J connectivity index is 1.11. The van der Waals surface area contributed by atoms with Gasteiger partial charge >= 0.3 is 0 Å². The van der Waals surface area contributed by atoms with Crippen LogP contribution in [-0.4, -0.2) is 28.9 Å². The molecular formula is C25H23ClFNO5. The number of carbonyl (C=O) groups is 2. The minimum atomic E-state index is -0.952. The fraction of sp³-hybridized carbons (Fsp3) is 0.360. The first-order chi connectivity index (χ1) is 15.7. The quantitative estimate of drug-likeness (QED) is 0.633. The van der Waals surface area contributed by atoms with Crippen LogP contribution in [0.15, 0.2) is 48.2 Å². The summed E-state index contributed by atoms with van der Waals surface area (Å²) in [6.45, 7) is 1.46. The van der Waals surface area contributed by atoms with Gasteiger partial charge < -0.3 is 19.9 Å². The molecule has 1 heterocycles. The summed E-state index contributed by atoms with van der Waals surface area (Å²) in [4.78, 5) is 25.1. The number of hydrogen-bond acceptors (Lipinski definition) is 5. The summed E-state index contributed by atoms with van der Waals surface area (Å²) in [6, 6.07) is 9.39. The summed E-state index contributed by atoms with van der Waals surface area (Å²) in [5.41, 5.74) is 0.588. The summed E-state index contributed by atoms with van der Waals surface area (Å²) < 4.78 is 24.7. The molecule has 2 aromatic carbocycles. The molecule has 1 aliphatic heterocycles. The van der Waals surface area contributed by atoms with Gasteiger partial charge in [-0.2, -0.15) is 0 Å². The molecule has 2 aromatic rings. The van der Waals surface area contributed by atoms with Gasteiger partial charge in [0.15, 0.2) is 18.1 Å². The smallest absolute Gasteiger partial charge is 0.258 e. The molecule has 4 aliphatic rings. The highest BCUT2D eigenvalue weighted by molar-refractivity contribution is 6.30. The van der Waals surface area contributed by atoms with Crippen LogP contribution in [0.4, 0.5) is 4.39 Å². The standard InChI is InChI=1S/C25H23ClFNO5/c1-14-2-4-16(7-18(14)27)32-10-23(31)28-25-11-24(12-25,13-25)9-20(30)22-8-19(29)17-6-15(26)3-5-21(17)33-22/h2-8,19,29H,9-13H2,1H3,(H,28,31). The second kappa shape index (κ2) is 7.85. The van der Waals surface area contributed by atoms with E-state index in [9.17, 15) is 19.1 Å². The van der Waals surface area contributed by atoms with E-state index in [-0.39, 0.29) is 40.8 Å². The first kappa shape index (κ1) is 21.9. The van der Waals surface area contributed by atoms with Gasteiger partial charge in [0.1, 0.15) is 23.4 Å². The topological polar surface area (TPSA) is 84.9 Å². The van der Waals surface area contributed by atoms with Crippen LogP contribution in [0.1, 0.15) is 42.9 Å². The maximum absolute atomic E-state index is 13.6. The average Bonchev–Trinajstić information content (AvgIpc) is 2.72. The molecule has 0 saturated heterocycles. The van der Waals surface area contributed by atoms with Gasteiger partial charge in [-0.1, -0.05) is 17.7 Å². The van der Waals surface area contributed by atoms with Gasteiger partial charge in [-0.05, 0) is 67.5 Å². The number of fused-ring (bicyclic) bond motifs is 1. The van der Waals surface area contributed by atoms with Crippen molar-refractivity contribution in [2.24, 2.45) is 5.41 Å². The molecule has 2 bridgehead atoms. The zero-order valence-corrected chi connectivity index (χ0v) is 18.7. The van der Waals surface area contributed by atoms with Crippen LogP contribution in [-0.2, 0) is 9.59 Å². The van der Waals surface area contributed by atoms with Gasteiger partial charge in [-0.15, -0.1) is 0 Å². The monoisotopic (exact) mass is 471 g/mol. The van der Waals surface area contributed by atoms with Crippen molar-refractivity contribution in [2.45, 2.75) is 44.2 Å². The Morgan fingerprint density at radius 1 is 1.24 bits per heavy atom. The summed E-state index contributed by atoms with van der Waals surface area (Å²) in [6.07, 6.45) is 2.88. The van der Waals surface area contributed by atoms with E-state index in [1.54, 1.807) is 37.3 Å². The van der Waals surface area contributed by atoms with Crippen molar-refractivity contribution >= 4 is 23.3 Å². The fourth-order valence-corrected chi connectivity index (χ4v) is 5.45. The van der Waals surface area contributed by atoms with E-state index >= 15 is 0 Å². The third-order valence-corrected chi connectivity index (χ3v) is 6.92. The largest absolute Gasteiger partial charge is 0.484 e.